The minimum absolute atomic E-state index is 0.169. The SMILES string of the molecule is O=C(C[C@H]1C[C@H]2CC[C@H]1C2)NCc1cccnc1-n1ccnc1. The lowest BCUT2D eigenvalue weighted by Crippen LogP contribution is -2.27. The number of hydrogen-bond donors (Lipinski definition) is 1. The van der Waals surface area contributed by atoms with E-state index in [1.54, 1.807) is 18.7 Å². The quantitative estimate of drug-likeness (QED) is 0.923. The van der Waals surface area contributed by atoms with Gasteiger partial charge in [0.15, 0.2) is 0 Å². The molecule has 2 aliphatic carbocycles. The van der Waals surface area contributed by atoms with Gasteiger partial charge in [0.1, 0.15) is 12.1 Å². The second-order valence-corrected chi connectivity index (χ2v) is 6.87. The third-order valence-electron chi connectivity index (χ3n) is 5.42. The van der Waals surface area contributed by atoms with Gasteiger partial charge in [-0.25, -0.2) is 9.97 Å². The molecule has 5 heteroatoms. The zero-order valence-corrected chi connectivity index (χ0v) is 13.2. The zero-order valence-electron chi connectivity index (χ0n) is 13.2. The van der Waals surface area contributed by atoms with E-state index in [0.717, 1.165) is 23.2 Å². The van der Waals surface area contributed by atoms with E-state index in [1.165, 1.54) is 25.7 Å². The van der Waals surface area contributed by atoms with Crippen molar-refractivity contribution in [1.82, 2.24) is 19.9 Å². The van der Waals surface area contributed by atoms with Crippen LogP contribution in [0, 0.1) is 17.8 Å². The van der Waals surface area contributed by atoms with E-state index in [-0.39, 0.29) is 5.91 Å². The standard InChI is InChI=1S/C18H22N4O/c23-17(10-16-9-13-3-4-14(16)8-13)21-11-15-2-1-5-20-18(15)22-7-6-19-12-22/h1-2,5-7,12-14,16H,3-4,8-11H2,(H,21,23)/t13-,14-,16+/m0/s1. The lowest BCUT2D eigenvalue weighted by atomic mass is 9.86. The van der Waals surface area contributed by atoms with Gasteiger partial charge in [-0.15, -0.1) is 0 Å². The van der Waals surface area contributed by atoms with Crippen molar-refractivity contribution in [3.8, 4) is 5.82 Å². The Balaban J connectivity index is 1.37. The van der Waals surface area contributed by atoms with Gasteiger partial charge in [-0.05, 0) is 43.1 Å². The summed E-state index contributed by atoms with van der Waals surface area (Å²) >= 11 is 0. The number of rotatable bonds is 5. The molecular weight excluding hydrogens is 288 g/mol. The topological polar surface area (TPSA) is 59.8 Å². The highest BCUT2D eigenvalue weighted by atomic mass is 16.1. The Kier molecular flexibility index (Phi) is 3.85. The summed E-state index contributed by atoms with van der Waals surface area (Å²) in [4.78, 5) is 20.8. The first-order chi connectivity index (χ1) is 11.3. The largest absolute Gasteiger partial charge is 0.352 e. The molecule has 2 heterocycles. The van der Waals surface area contributed by atoms with E-state index in [1.807, 2.05) is 22.9 Å². The molecule has 0 unspecified atom stereocenters. The molecule has 120 valence electrons. The van der Waals surface area contributed by atoms with Crippen LogP contribution < -0.4 is 5.32 Å². The number of amides is 1. The van der Waals surface area contributed by atoms with Gasteiger partial charge in [0, 0.05) is 37.1 Å². The summed E-state index contributed by atoms with van der Waals surface area (Å²) < 4.78 is 1.87. The summed E-state index contributed by atoms with van der Waals surface area (Å²) in [6.07, 6.45) is 13.1. The third kappa shape index (κ3) is 3.00. The smallest absolute Gasteiger partial charge is 0.220 e. The van der Waals surface area contributed by atoms with Crippen LogP contribution in [0.15, 0.2) is 37.1 Å². The molecule has 2 bridgehead atoms. The maximum atomic E-state index is 12.3. The molecule has 2 aromatic rings. The molecule has 0 aromatic carbocycles. The van der Waals surface area contributed by atoms with E-state index < -0.39 is 0 Å². The Bertz CT molecular complexity index is 682. The van der Waals surface area contributed by atoms with E-state index in [9.17, 15) is 4.79 Å². The van der Waals surface area contributed by atoms with Crippen LogP contribution in [0.4, 0.5) is 0 Å². The molecule has 2 saturated carbocycles. The highest BCUT2D eigenvalue weighted by molar-refractivity contribution is 5.76. The minimum atomic E-state index is 0.169. The summed E-state index contributed by atoms with van der Waals surface area (Å²) in [5.74, 6) is 3.29. The van der Waals surface area contributed by atoms with Gasteiger partial charge in [0.25, 0.3) is 0 Å². The predicted molar refractivity (Wildman–Crippen MR) is 86.8 cm³/mol. The van der Waals surface area contributed by atoms with Crippen LogP contribution in [-0.2, 0) is 11.3 Å². The van der Waals surface area contributed by atoms with Crippen LogP contribution in [0.3, 0.4) is 0 Å². The van der Waals surface area contributed by atoms with Crippen LogP contribution in [0.5, 0.6) is 0 Å². The first-order valence-electron chi connectivity index (χ1n) is 8.48. The number of fused-ring (bicyclic) bond motifs is 2. The molecule has 1 N–H and O–H groups in total. The fourth-order valence-corrected chi connectivity index (χ4v) is 4.32. The molecule has 0 radical (unpaired) electrons. The second kappa shape index (κ2) is 6.14. The van der Waals surface area contributed by atoms with E-state index in [0.29, 0.717) is 18.9 Å². The number of aromatic nitrogens is 3. The minimum Gasteiger partial charge on any atom is -0.352 e. The van der Waals surface area contributed by atoms with Gasteiger partial charge >= 0.3 is 0 Å². The number of hydrogen-bond acceptors (Lipinski definition) is 3. The van der Waals surface area contributed by atoms with Gasteiger partial charge in [-0.3, -0.25) is 9.36 Å². The number of carbonyl (C=O) groups excluding carboxylic acids is 1. The molecule has 1 amide bonds. The van der Waals surface area contributed by atoms with Crippen LogP contribution in [-0.4, -0.2) is 20.4 Å². The Morgan fingerprint density at radius 3 is 3.00 bits per heavy atom. The van der Waals surface area contributed by atoms with Crippen molar-refractivity contribution < 1.29 is 4.79 Å². The molecule has 23 heavy (non-hydrogen) atoms. The Morgan fingerprint density at radius 2 is 2.26 bits per heavy atom. The van der Waals surface area contributed by atoms with Gasteiger partial charge in [-0.1, -0.05) is 12.5 Å². The normalized spacial score (nSPS) is 25.7. The van der Waals surface area contributed by atoms with Crippen LogP contribution >= 0.6 is 0 Å². The Labute approximate surface area is 136 Å². The summed E-state index contributed by atoms with van der Waals surface area (Å²) in [6, 6.07) is 3.90. The van der Waals surface area contributed by atoms with Gasteiger partial charge < -0.3 is 5.32 Å². The van der Waals surface area contributed by atoms with Crippen LogP contribution in [0.1, 0.15) is 37.7 Å². The van der Waals surface area contributed by atoms with Crippen molar-refractivity contribution in [3.63, 3.8) is 0 Å². The lowest BCUT2D eigenvalue weighted by molar-refractivity contribution is -0.122. The van der Waals surface area contributed by atoms with Crippen LogP contribution in [0.25, 0.3) is 5.82 Å². The fourth-order valence-electron chi connectivity index (χ4n) is 4.32. The van der Waals surface area contributed by atoms with Gasteiger partial charge in [0.05, 0.1) is 0 Å². The molecular formula is C18H22N4O. The number of nitrogens with zero attached hydrogens (tertiary/aromatic N) is 3. The van der Waals surface area contributed by atoms with Crippen molar-refractivity contribution in [3.05, 3.63) is 42.6 Å². The van der Waals surface area contributed by atoms with E-state index in [2.05, 4.69) is 15.3 Å². The van der Waals surface area contributed by atoms with E-state index in [4.69, 9.17) is 0 Å². The van der Waals surface area contributed by atoms with Crippen molar-refractivity contribution in [2.75, 3.05) is 0 Å². The average molecular weight is 310 g/mol. The van der Waals surface area contributed by atoms with Crippen molar-refractivity contribution >= 4 is 5.91 Å². The van der Waals surface area contributed by atoms with Crippen molar-refractivity contribution in [2.45, 2.75) is 38.6 Å². The average Bonchev–Trinajstić information content (AvgIpc) is 3.31. The zero-order chi connectivity index (χ0) is 15.6. The maximum absolute atomic E-state index is 12.3. The summed E-state index contributed by atoms with van der Waals surface area (Å²) in [5, 5.41) is 3.07. The van der Waals surface area contributed by atoms with E-state index >= 15 is 0 Å². The third-order valence-corrected chi connectivity index (χ3v) is 5.42. The second-order valence-electron chi connectivity index (χ2n) is 6.87. The molecule has 2 aromatic heterocycles. The summed E-state index contributed by atoms with van der Waals surface area (Å²) in [6.45, 7) is 0.515. The Morgan fingerprint density at radius 1 is 1.30 bits per heavy atom. The Hall–Kier alpha value is -2.17. The number of carbonyl (C=O) groups is 1. The number of nitrogens with one attached hydrogen (secondary N) is 1. The number of pyridine rings is 1. The fraction of sp³-hybridized carbons (Fsp3) is 0.500. The predicted octanol–water partition coefficient (Wildman–Crippen LogP) is 2.71. The maximum Gasteiger partial charge on any atom is 0.220 e. The highest BCUT2D eigenvalue weighted by Gasteiger charge is 2.39. The first-order valence-corrected chi connectivity index (χ1v) is 8.48. The summed E-state index contributed by atoms with van der Waals surface area (Å²) in [5.41, 5.74) is 1.01. The van der Waals surface area contributed by atoms with Crippen molar-refractivity contribution in [2.24, 2.45) is 17.8 Å². The molecule has 3 atom stereocenters. The number of imidazole rings is 1. The van der Waals surface area contributed by atoms with Crippen molar-refractivity contribution in [1.29, 1.82) is 0 Å². The van der Waals surface area contributed by atoms with Gasteiger partial charge in [-0.2, -0.15) is 0 Å². The molecule has 4 rings (SSSR count). The highest BCUT2D eigenvalue weighted by Crippen LogP contribution is 2.49. The molecule has 5 nitrogen and oxygen atoms in total. The van der Waals surface area contributed by atoms with Gasteiger partial charge in [0.2, 0.25) is 5.91 Å². The molecule has 0 saturated heterocycles. The summed E-state index contributed by atoms with van der Waals surface area (Å²) in [7, 11) is 0. The van der Waals surface area contributed by atoms with Crippen LogP contribution in [0.2, 0.25) is 0 Å². The molecule has 2 fully saturated rings. The lowest BCUT2D eigenvalue weighted by Gasteiger charge is -2.21. The monoisotopic (exact) mass is 310 g/mol. The molecule has 0 aliphatic heterocycles. The molecule has 2 aliphatic rings. The molecule has 0 spiro atoms. The first kappa shape index (κ1) is 14.4.